The first-order chi connectivity index (χ1) is 8.77. The Morgan fingerprint density at radius 1 is 1.06 bits per heavy atom. The molecule has 0 amide bonds. The molecular formula is C16H16N2. The summed E-state index contributed by atoms with van der Waals surface area (Å²) in [4.78, 5) is 7.59. The lowest BCUT2D eigenvalue weighted by Gasteiger charge is -2.13. The lowest BCUT2D eigenvalue weighted by atomic mass is 9.90. The highest BCUT2D eigenvalue weighted by Gasteiger charge is 2.14. The summed E-state index contributed by atoms with van der Waals surface area (Å²) in [5, 5.41) is 1.22. The van der Waals surface area contributed by atoms with Crippen molar-refractivity contribution in [2.75, 3.05) is 0 Å². The van der Waals surface area contributed by atoms with Crippen LogP contribution >= 0.6 is 0 Å². The minimum atomic E-state index is 0.379. The Morgan fingerprint density at radius 3 is 2.72 bits per heavy atom. The molecule has 90 valence electrons. The van der Waals surface area contributed by atoms with Crippen LogP contribution in [0.15, 0.2) is 48.8 Å². The molecule has 1 unspecified atom stereocenters. The maximum Gasteiger partial charge on any atom is 0.137 e. The van der Waals surface area contributed by atoms with E-state index in [0.717, 1.165) is 5.65 Å². The predicted molar refractivity (Wildman–Crippen MR) is 74.8 cm³/mol. The van der Waals surface area contributed by atoms with E-state index < -0.39 is 0 Å². The highest BCUT2D eigenvalue weighted by atomic mass is 14.8. The van der Waals surface area contributed by atoms with Crippen LogP contribution in [0.3, 0.4) is 0 Å². The molecule has 0 aliphatic rings. The maximum absolute atomic E-state index is 4.34. The fraction of sp³-hybridized carbons (Fsp3) is 0.188. The van der Waals surface area contributed by atoms with Crippen LogP contribution in [-0.4, -0.2) is 9.97 Å². The van der Waals surface area contributed by atoms with Crippen molar-refractivity contribution in [3.05, 3.63) is 65.5 Å². The van der Waals surface area contributed by atoms with Crippen molar-refractivity contribution in [1.29, 1.82) is 0 Å². The molecule has 3 rings (SSSR count). The Balaban J connectivity index is 2.13. The van der Waals surface area contributed by atoms with Crippen LogP contribution in [0, 0.1) is 6.92 Å². The van der Waals surface area contributed by atoms with E-state index in [1.54, 1.807) is 0 Å². The number of nitrogens with one attached hydrogen (secondary N) is 1. The van der Waals surface area contributed by atoms with Crippen molar-refractivity contribution in [2.24, 2.45) is 0 Å². The van der Waals surface area contributed by atoms with Gasteiger partial charge in [-0.3, -0.25) is 0 Å². The largest absolute Gasteiger partial charge is 0.346 e. The fourth-order valence-corrected chi connectivity index (χ4v) is 2.58. The smallest absolute Gasteiger partial charge is 0.137 e. The van der Waals surface area contributed by atoms with Crippen LogP contribution in [0.2, 0.25) is 0 Å². The average Bonchev–Trinajstić information content (AvgIpc) is 2.82. The second kappa shape index (κ2) is 4.30. The molecule has 3 aromatic rings. The standard InChI is InChI=1S/C16H16N2/c1-11-6-3-4-7-13(11)12(2)15-10-18-16-14(15)8-5-9-17-16/h3-10,12H,1-2H3,(H,17,18). The number of aryl methyl sites for hydroxylation is 1. The molecule has 2 nitrogen and oxygen atoms in total. The minimum Gasteiger partial charge on any atom is -0.346 e. The van der Waals surface area contributed by atoms with Crippen LogP contribution in [0.4, 0.5) is 0 Å². The molecule has 0 fully saturated rings. The van der Waals surface area contributed by atoms with E-state index in [2.05, 4.69) is 60.3 Å². The van der Waals surface area contributed by atoms with Crippen LogP contribution in [-0.2, 0) is 0 Å². The topological polar surface area (TPSA) is 28.7 Å². The van der Waals surface area contributed by atoms with Gasteiger partial charge in [0, 0.05) is 23.7 Å². The van der Waals surface area contributed by atoms with Crippen molar-refractivity contribution in [3.8, 4) is 0 Å². The number of nitrogens with zero attached hydrogens (tertiary/aromatic N) is 1. The lowest BCUT2D eigenvalue weighted by Crippen LogP contribution is -1.97. The number of aromatic amines is 1. The molecule has 0 radical (unpaired) electrons. The molecule has 18 heavy (non-hydrogen) atoms. The zero-order valence-corrected chi connectivity index (χ0v) is 10.6. The van der Waals surface area contributed by atoms with Gasteiger partial charge in [-0.05, 0) is 35.7 Å². The second-order valence-electron chi connectivity index (χ2n) is 4.72. The van der Waals surface area contributed by atoms with Gasteiger partial charge in [-0.1, -0.05) is 31.2 Å². The van der Waals surface area contributed by atoms with E-state index >= 15 is 0 Å². The van der Waals surface area contributed by atoms with Crippen LogP contribution in [0.25, 0.3) is 11.0 Å². The number of hydrogen-bond acceptors (Lipinski definition) is 1. The van der Waals surface area contributed by atoms with Gasteiger partial charge in [0.1, 0.15) is 5.65 Å². The number of hydrogen-bond donors (Lipinski definition) is 1. The van der Waals surface area contributed by atoms with E-state index in [0.29, 0.717) is 5.92 Å². The van der Waals surface area contributed by atoms with Gasteiger partial charge < -0.3 is 4.98 Å². The maximum atomic E-state index is 4.34. The Kier molecular flexibility index (Phi) is 2.63. The number of H-pyrrole nitrogens is 1. The van der Waals surface area contributed by atoms with E-state index in [1.807, 2.05) is 12.3 Å². The van der Waals surface area contributed by atoms with Crippen LogP contribution in [0.5, 0.6) is 0 Å². The van der Waals surface area contributed by atoms with Crippen LogP contribution < -0.4 is 0 Å². The third kappa shape index (κ3) is 1.70. The molecule has 1 N–H and O–H groups in total. The van der Waals surface area contributed by atoms with Gasteiger partial charge in [0.15, 0.2) is 0 Å². The Bertz CT molecular complexity index is 682. The summed E-state index contributed by atoms with van der Waals surface area (Å²) in [7, 11) is 0. The molecule has 0 aliphatic heterocycles. The van der Waals surface area contributed by atoms with Gasteiger partial charge >= 0.3 is 0 Å². The normalized spacial score (nSPS) is 12.8. The summed E-state index contributed by atoms with van der Waals surface area (Å²) in [5.41, 5.74) is 4.99. The third-order valence-corrected chi connectivity index (χ3v) is 3.60. The molecule has 1 atom stereocenters. The molecule has 0 bridgehead atoms. The van der Waals surface area contributed by atoms with E-state index in [-0.39, 0.29) is 0 Å². The minimum absolute atomic E-state index is 0.379. The lowest BCUT2D eigenvalue weighted by molar-refractivity contribution is 0.919. The number of pyridine rings is 1. The van der Waals surface area contributed by atoms with Gasteiger partial charge in [-0.15, -0.1) is 0 Å². The highest BCUT2D eigenvalue weighted by Crippen LogP contribution is 2.31. The van der Waals surface area contributed by atoms with Gasteiger partial charge in [0.05, 0.1) is 0 Å². The quantitative estimate of drug-likeness (QED) is 0.715. The summed E-state index contributed by atoms with van der Waals surface area (Å²) < 4.78 is 0. The van der Waals surface area contributed by atoms with Crippen LogP contribution in [0.1, 0.15) is 29.5 Å². The van der Waals surface area contributed by atoms with Crippen molar-refractivity contribution in [3.63, 3.8) is 0 Å². The second-order valence-corrected chi connectivity index (χ2v) is 4.72. The number of fused-ring (bicyclic) bond motifs is 1. The highest BCUT2D eigenvalue weighted by molar-refractivity contribution is 5.80. The van der Waals surface area contributed by atoms with Crippen molar-refractivity contribution in [1.82, 2.24) is 9.97 Å². The molecular weight excluding hydrogens is 220 g/mol. The summed E-state index contributed by atoms with van der Waals surface area (Å²) in [6.45, 7) is 4.41. The Labute approximate surface area is 107 Å². The molecule has 2 heteroatoms. The van der Waals surface area contributed by atoms with Crippen molar-refractivity contribution >= 4 is 11.0 Å². The molecule has 1 aromatic carbocycles. The monoisotopic (exact) mass is 236 g/mol. The number of benzene rings is 1. The molecule has 0 saturated heterocycles. The first-order valence-electron chi connectivity index (χ1n) is 6.25. The zero-order valence-electron chi connectivity index (χ0n) is 10.6. The molecule has 0 saturated carbocycles. The zero-order chi connectivity index (χ0) is 12.5. The fourth-order valence-electron chi connectivity index (χ4n) is 2.58. The molecule has 0 spiro atoms. The molecule has 2 aromatic heterocycles. The number of rotatable bonds is 2. The summed E-state index contributed by atoms with van der Waals surface area (Å²) >= 11 is 0. The molecule has 2 heterocycles. The Hall–Kier alpha value is -2.09. The Morgan fingerprint density at radius 2 is 1.89 bits per heavy atom. The van der Waals surface area contributed by atoms with Gasteiger partial charge in [0.25, 0.3) is 0 Å². The first kappa shape index (κ1) is 11.0. The number of aromatic nitrogens is 2. The SMILES string of the molecule is Cc1ccccc1C(C)c1c[nH]c2ncccc12. The summed E-state index contributed by atoms with van der Waals surface area (Å²) in [6, 6.07) is 12.7. The van der Waals surface area contributed by atoms with Gasteiger partial charge in [0.2, 0.25) is 0 Å². The predicted octanol–water partition coefficient (Wildman–Crippen LogP) is 4.02. The van der Waals surface area contributed by atoms with Crippen molar-refractivity contribution < 1.29 is 0 Å². The van der Waals surface area contributed by atoms with E-state index in [9.17, 15) is 0 Å². The summed E-state index contributed by atoms with van der Waals surface area (Å²) in [5.74, 6) is 0.379. The summed E-state index contributed by atoms with van der Waals surface area (Å²) in [6.07, 6.45) is 3.90. The van der Waals surface area contributed by atoms with E-state index in [4.69, 9.17) is 0 Å². The third-order valence-electron chi connectivity index (χ3n) is 3.60. The first-order valence-corrected chi connectivity index (χ1v) is 6.25. The van der Waals surface area contributed by atoms with Crippen molar-refractivity contribution in [2.45, 2.75) is 19.8 Å². The van der Waals surface area contributed by atoms with Gasteiger partial charge in [-0.2, -0.15) is 0 Å². The van der Waals surface area contributed by atoms with Gasteiger partial charge in [-0.25, -0.2) is 4.98 Å². The molecule has 0 aliphatic carbocycles. The average molecular weight is 236 g/mol. The van der Waals surface area contributed by atoms with E-state index in [1.165, 1.54) is 22.1 Å².